The Hall–Kier alpha value is -4.68. The fourth-order valence-corrected chi connectivity index (χ4v) is 7.01. The van der Waals surface area contributed by atoms with Gasteiger partial charge in [-0.05, 0) is 84.9 Å². The summed E-state index contributed by atoms with van der Waals surface area (Å²) in [7, 11) is 2.07. The van der Waals surface area contributed by atoms with Gasteiger partial charge in [-0.15, -0.1) is 0 Å². The number of rotatable bonds is 4. The van der Waals surface area contributed by atoms with E-state index in [-0.39, 0.29) is 0 Å². The van der Waals surface area contributed by atoms with Gasteiger partial charge < -0.3 is 4.42 Å². The summed E-state index contributed by atoms with van der Waals surface area (Å²) in [5, 5.41) is 12.4. The van der Waals surface area contributed by atoms with Crippen LogP contribution in [0.1, 0.15) is 59.8 Å². The fourth-order valence-electron chi connectivity index (χ4n) is 7.01. The second-order valence-corrected chi connectivity index (χ2v) is 11.5. The van der Waals surface area contributed by atoms with Crippen molar-refractivity contribution in [3.05, 3.63) is 126 Å². The number of nitrogens with zero attached hydrogens (tertiary/aromatic N) is 2. The average molecular weight is 534 g/mol. The lowest BCUT2D eigenvalue weighted by Crippen LogP contribution is -2.30. The molecule has 2 aromatic heterocycles. The van der Waals surface area contributed by atoms with Gasteiger partial charge in [0.25, 0.3) is 0 Å². The Kier molecular flexibility index (Phi) is 6.40. The van der Waals surface area contributed by atoms with Crippen LogP contribution in [0.3, 0.4) is 0 Å². The Bertz CT molecular complexity index is 1940. The molecule has 3 heteroatoms. The summed E-state index contributed by atoms with van der Waals surface area (Å²) in [5.74, 6) is 1.08. The van der Waals surface area contributed by atoms with Crippen molar-refractivity contribution >= 4 is 21.9 Å². The standard InChI is InChI=1S/C38H33N2O/c1-25-15-21-32-33-22-20-29(24-39)36(38(33)41-37(32)35(25)34-14-8-9-23-40(34)2)31-13-7-6-12-30(31)28-18-16-27(17-19-28)26-10-4-3-5-11-26/h3-15,20-23,27-28H,16-19H2,1-2H3/q+1. The molecule has 1 fully saturated rings. The highest BCUT2D eigenvalue weighted by molar-refractivity contribution is 6.14. The van der Waals surface area contributed by atoms with E-state index in [1.54, 1.807) is 0 Å². The summed E-state index contributed by atoms with van der Waals surface area (Å²) in [6.45, 7) is 2.14. The topological polar surface area (TPSA) is 40.8 Å². The van der Waals surface area contributed by atoms with E-state index >= 15 is 0 Å². The van der Waals surface area contributed by atoms with Crippen molar-refractivity contribution in [3.63, 3.8) is 0 Å². The van der Waals surface area contributed by atoms with E-state index in [9.17, 15) is 5.26 Å². The number of aryl methyl sites for hydroxylation is 2. The molecule has 0 N–H and O–H groups in total. The number of benzene rings is 4. The molecule has 6 aromatic rings. The largest absolute Gasteiger partial charge is 0.454 e. The van der Waals surface area contributed by atoms with Gasteiger partial charge >= 0.3 is 0 Å². The van der Waals surface area contributed by atoms with E-state index in [0.29, 0.717) is 17.4 Å². The van der Waals surface area contributed by atoms with Crippen molar-refractivity contribution in [2.45, 2.75) is 44.4 Å². The molecule has 1 saturated carbocycles. The van der Waals surface area contributed by atoms with Crippen molar-refractivity contribution < 1.29 is 8.98 Å². The molecule has 7 rings (SSSR count). The molecule has 0 unspecified atom stereocenters. The molecule has 2 heterocycles. The Labute approximate surface area is 241 Å². The minimum Gasteiger partial charge on any atom is -0.454 e. The highest BCUT2D eigenvalue weighted by Crippen LogP contribution is 2.47. The molecule has 200 valence electrons. The van der Waals surface area contributed by atoms with Gasteiger partial charge in [-0.1, -0.05) is 66.7 Å². The molecule has 0 aliphatic heterocycles. The molecule has 41 heavy (non-hydrogen) atoms. The van der Waals surface area contributed by atoms with Gasteiger partial charge in [-0.25, -0.2) is 4.57 Å². The van der Waals surface area contributed by atoms with Crippen LogP contribution in [0.15, 0.2) is 108 Å². The van der Waals surface area contributed by atoms with Crippen LogP contribution in [0.2, 0.25) is 0 Å². The Morgan fingerprint density at radius 3 is 2.12 bits per heavy atom. The molecule has 3 nitrogen and oxygen atoms in total. The van der Waals surface area contributed by atoms with Crippen molar-refractivity contribution in [2.24, 2.45) is 7.05 Å². The van der Waals surface area contributed by atoms with E-state index < -0.39 is 0 Å². The van der Waals surface area contributed by atoms with Crippen LogP contribution >= 0.6 is 0 Å². The zero-order valence-electron chi connectivity index (χ0n) is 23.6. The number of aromatic nitrogens is 1. The summed E-state index contributed by atoms with van der Waals surface area (Å²) >= 11 is 0. The van der Waals surface area contributed by atoms with Gasteiger partial charge in [-0.3, -0.25) is 0 Å². The van der Waals surface area contributed by atoms with Crippen LogP contribution < -0.4 is 4.57 Å². The minimum atomic E-state index is 0.457. The van der Waals surface area contributed by atoms with Crippen molar-refractivity contribution in [3.8, 4) is 28.5 Å². The smallest absolute Gasteiger partial charge is 0.216 e. The van der Waals surface area contributed by atoms with Crippen LogP contribution in [-0.2, 0) is 7.05 Å². The lowest BCUT2D eigenvalue weighted by molar-refractivity contribution is -0.660. The quantitative estimate of drug-likeness (QED) is 0.212. The van der Waals surface area contributed by atoms with E-state index in [0.717, 1.165) is 62.7 Å². The molecular weight excluding hydrogens is 500 g/mol. The van der Waals surface area contributed by atoms with Gasteiger partial charge in [-0.2, -0.15) is 5.26 Å². The second kappa shape index (κ2) is 10.4. The Morgan fingerprint density at radius 1 is 0.707 bits per heavy atom. The average Bonchev–Trinajstić information content (AvgIpc) is 3.40. The van der Waals surface area contributed by atoms with Crippen LogP contribution in [0.5, 0.6) is 0 Å². The number of fused-ring (bicyclic) bond motifs is 3. The number of furan rings is 1. The summed E-state index contributed by atoms with van der Waals surface area (Å²) in [6, 6.07) is 36.7. The van der Waals surface area contributed by atoms with Crippen molar-refractivity contribution in [1.82, 2.24) is 0 Å². The third-order valence-corrected chi connectivity index (χ3v) is 9.12. The normalized spacial score (nSPS) is 17.1. The van der Waals surface area contributed by atoms with Crippen molar-refractivity contribution in [2.75, 3.05) is 0 Å². The predicted octanol–water partition coefficient (Wildman–Crippen LogP) is 9.37. The molecule has 0 spiro atoms. The Morgan fingerprint density at radius 2 is 1.37 bits per heavy atom. The van der Waals surface area contributed by atoms with Crippen molar-refractivity contribution in [1.29, 1.82) is 5.26 Å². The molecule has 1 aliphatic rings. The van der Waals surface area contributed by atoms with E-state index in [4.69, 9.17) is 4.42 Å². The first-order valence-electron chi connectivity index (χ1n) is 14.6. The first kappa shape index (κ1) is 25.3. The van der Waals surface area contributed by atoms with E-state index in [1.165, 1.54) is 24.0 Å². The lowest BCUT2D eigenvalue weighted by Gasteiger charge is -2.30. The molecule has 0 amide bonds. The molecule has 0 radical (unpaired) electrons. The zero-order valence-corrected chi connectivity index (χ0v) is 23.6. The summed E-state index contributed by atoms with van der Waals surface area (Å²) in [4.78, 5) is 0. The van der Waals surface area contributed by atoms with Crippen LogP contribution in [0.25, 0.3) is 44.3 Å². The molecular formula is C38H33N2O+. The first-order chi connectivity index (χ1) is 20.1. The zero-order chi connectivity index (χ0) is 27.9. The van der Waals surface area contributed by atoms with Crippen LogP contribution in [0, 0.1) is 18.3 Å². The molecule has 0 atom stereocenters. The Balaban J connectivity index is 1.38. The maximum atomic E-state index is 10.3. The highest BCUT2D eigenvalue weighted by atomic mass is 16.3. The molecule has 0 bridgehead atoms. The van der Waals surface area contributed by atoms with Gasteiger partial charge in [0.15, 0.2) is 6.20 Å². The van der Waals surface area contributed by atoms with Gasteiger partial charge in [0.2, 0.25) is 5.69 Å². The SMILES string of the molecule is Cc1ccc2c(oc3c(-c4ccccc4C4CCC(c5ccccc5)CC4)c(C#N)ccc32)c1-c1cccc[n+]1C. The third-order valence-electron chi connectivity index (χ3n) is 9.12. The first-order valence-corrected chi connectivity index (χ1v) is 14.6. The minimum absolute atomic E-state index is 0.457. The van der Waals surface area contributed by atoms with E-state index in [1.807, 2.05) is 12.1 Å². The number of hydrogen-bond donors (Lipinski definition) is 0. The maximum Gasteiger partial charge on any atom is 0.216 e. The third kappa shape index (κ3) is 4.32. The van der Waals surface area contributed by atoms with Gasteiger partial charge in [0, 0.05) is 28.5 Å². The molecule has 1 aliphatic carbocycles. The van der Waals surface area contributed by atoms with Crippen LogP contribution in [-0.4, -0.2) is 0 Å². The summed E-state index contributed by atoms with van der Waals surface area (Å²) < 4.78 is 8.99. The molecule has 0 saturated heterocycles. The number of hydrogen-bond acceptors (Lipinski definition) is 2. The van der Waals surface area contributed by atoms with E-state index in [2.05, 4.69) is 116 Å². The number of pyridine rings is 1. The maximum absolute atomic E-state index is 10.3. The van der Waals surface area contributed by atoms with Crippen LogP contribution in [0.4, 0.5) is 0 Å². The number of nitriles is 1. The fraction of sp³-hybridized carbons (Fsp3) is 0.211. The lowest BCUT2D eigenvalue weighted by atomic mass is 9.74. The summed E-state index contributed by atoms with van der Waals surface area (Å²) in [6.07, 6.45) is 6.71. The second-order valence-electron chi connectivity index (χ2n) is 11.5. The van der Waals surface area contributed by atoms with Gasteiger partial charge in [0.1, 0.15) is 18.2 Å². The van der Waals surface area contributed by atoms with Gasteiger partial charge in [0.05, 0.1) is 17.2 Å². The monoisotopic (exact) mass is 533 g/mol. The molecule has 4 aromatic carbocycles. The highest BCUT2D eigenvalue weighted by Gasteiger charge is 2.28. The summed E-state index contributed by atoms with van der Waals surface area (Å²) in [5.41, 5.74) is 10.5. The predicted molar refractivity (Wildman–Crippen MR) is 166 cm³/mol.